The van der Waals surface area contributed by atoms with Crippen LogP contribution in [0.25, 0.3) is 11.1 Å². The molecule has 0 bridgehead atoms. The number of carboxylic acids is 1. The lowest BCUT2D eigenvalue weighted by atomic mass is 9.96. The third kappa shape index (κ3) is 4.44. The normalized spacial score (nSPS) is 16.8. The van der Waals surface area contributed by atoms with E-state index in [1.165, 1.54) is 0 Å². The van der Waals surface area contributed by atoms with E-state index in [1.807, 2.05) is 48.5 Å². The minimum Gasteiger partial charge on any atom is -0.481 e. The van der Waals surface area contributed by atoms with E-state index < -0.39 is 5.97 Å². The molecule has 0 spiro atoms. The Kier molecular flexibility index (Phi) is 6.69. The molecule has 2 aliphatic heterocycles. The number of benzene rings is 2. The predicted octanol–water partition coefficient (Wildman–Crippen LogP) is 5.10. The minimum absolute atomic E-state index is 0.110. The van der Waals surface area contributed by atoms with Gasteiger partial charge in [-0.3, -0.25) is 14.4 Å². The standard InChI is InChI=1S/C26H28N2O4/c29-22(30)16-6-4-2-1-3-5-11-17-28-21-15-10-8-13-19(21)24(26(28)32)23-18-12-7-9-14-20(18)27-25(23)31/h7-10,12-15H,1-6,11,16-17H2,(H,27,31)(H,29,30)/b24-23+. The van der Waals surface area contributed by atoms with Crippen LogP contribution in [0.5, 0.6) is 0 Å². The second-order valence-electron chi connectivity index (χ2n) is 8.34. The number of anilines is 2. The summed E-state index contributed by atoms with van der Waals surface area (Å²) in [6.07, 6.45) is 7.03. The first-order valence-corrected chi connectivity index (χ1v) is 11.4. The fourth-order valence-corrected chi connectivity index (χ4v) is 4.54. The molecule has 2 aromatic rings. The molecule has 0 aromatic heterocycles. The van der Waals surface area contributed by atoms with Gasteiger partial charge in [0.2, 0.25) is 0 Å². The van der Waals surface area contributed by atoms with Gasteiger partial charge in [-0.1, -0.05) is 68.5 Å². The van der Waals surface area contributed by atoms with Gasteiger partial charge in [-0.15, -0.1) is 0 Å². The van der Waals surface area contributed by atoms with Crippen LogP contribution in [0.3, 0.4) is 0 Å². The smallest absolute Gasteiger partial charge is 0.303 e. The molecule has 0 saturated heterocycles. The summed E-state index contributed by atoms with van der Waals surface area (Å²) < 4.78 is 0. The Morgan fingerprint density at radius 3 is 2.16 bits per heavy atom. The zero-order valence-corrected chi connectivity index (χ0v) is 18.1. The van der Waals surface area contributed by atoms with E-state index in [-0.39, 0.29) is 18.2 Å². The molecule has 6 heteroatoms. The number of aliphatic carboxylic acids is 1. The number of hydrogen-bond acceptors (Lipinski definition) is 3. The Morgan fingerprint density at radius 2 is 1.41 bits per heavy atom. The van der Waals surface area contributed by atoms with E-state index >= 15 is 0 Å². The molecule has 4 rings (SSSR count). The Labute approximate surface area is 187 Å². The van der Waals surface area contributed by atoms with Crippen LogP contribution in [0, 0.1) is 0 Å². The summed E-state index contributed by atoms with van der Waals surface area (Å²) in [4.78, 5) is 38.5. The zero-order chi connectivity index (χ0) is 22.5. The average Bonchev–Trinajstić information content (AvgIpc) is 3.25. The van der Waals surface area contributed by atoms with Gasteiger partial charge < -0.3 is 15.3 Å². The van der Waals surface area contributed by atoms with E-state index in [2.05, 4.69) is 5.32 Å². The third-order valence-corrected chi connectivity index (χ3v) is 6.12. The van der Waals surface area contributed by atoms with Crippen LogP contribution in [0.2, 0.25) is 0 Å². The van der Waals surface area contributed by atoms with Crippen molar-refractivity contribution >= 4 is 40.3 Å². The summed E-state index contributed by atoms with van der Waals surface area (Å²) >= 11 is 0. The molecule has 2 aromatic carbocycles. The SMILES string of the molecule is O=C(O)CCCCCCCCCN1C(=O)/C(=C2/C(=O)Nc3ccccc32)c2ccccc21. The lowest BCUT2D eigenvalue weighted by Gasteiger charge is -2.17. The molecule has 0 atom stereocenters. The highest BCUT2D eigenvalue weighted by Gasteiger charge is 2.38. The van der Waals surface area contributed by atoms with Crippen molar-refractivity contribution in [2.45, 2.75) is 51.4 Å². The number of rotatable bonds is 10. The molecule has 0 saturated carbocycles. The molecule has 2 amide bonds. The fourth-order valence-electron chi connectivity index (χ4n) is 4.54. The molecule has 2 heterocycles. The molecule has 166 valence electrons. The number of carbonyl (C=O) groups is 3. The van der Waals surface area contributed by atoms with Gasteiger partial charge >= 0.3 is 5.97 Å². The van der Waals surface area contributed by atoms with Crippen LogP contribution in [0.4, 0.5) is 11.4 Å². The number of carbonyl (C=O) groups excluding carboxylic acids is 2. The fraction of sp³-hybridized carbons (Fsp3) is 0.346. The number of amides is 2. The molecular formula is C26H28N2O4. The third-order valence-electron chi connectivity index (χ3n) is 6.12. The van der Waals surface area contributed by atoms with Crippen molar-refractivity contribution in [1.29, 1.82) is 0 Å². The first-order chi connectivity index (χ1) is 15.6. The maximum Gasteiger partial charge on any atom is 0.303 e. The Balaban J connectivity index is 1.41. The van der Waals surface area contributed by atoms with Crippen molar-refractivity contribution in [2.75, 3.05) is 16.8 Å². The highest BCUT2D eigenvalue weighted by Crippen LogP contribution is 2.44. The Hall–Kier alpha value is -3.41. The summed E-state index contributed by atoms with van der Waals surface area (Å²) in [5.41, 5.74) is 4.15. The van der Waals surface area contributed by atoms with Crippen molar-refractivity contribution in [1.82, 2.24) is 0 Å². The number of para-hydroxylation sites is 2. The first kappa shape index (κ1) is 21.8. The van der Waals surface area contributed by atoms with Crippen LogP contribution in [-0.2, 0) is 14.4 Å². The van der Waals surface area contributed by atoms with E-state index in [1.54, 1.807) is 4.90 Å². The van der Waals surface area contributed by atoms with E-state index in [9.17, 15) is 14.4 Å². The summed E-state index contributed by atoms with van der Waals surface area (Å²) in [5.74, 6) is -1.07. The second-order valence-corrected chi connectivity index (χ2v) is 8.34. The second kappa shape index (κ2) is 9.81. The van der Waals surface area contributed by atoms with Crippen LogP contribution >= 0.6 is 0 Å². The van der Waals surface area contributed by atoms with Crippen molar-refractivity contribution in [3.8, 4) is 0 Å². The zero-order valence-electron chi connectivity index (χ0n) is 18.1. The summed E-state index contributed by atoms with van der Waals surface area (Å²) in [6, 6.07) is 15.2. The van der Waals surface area contributed by atoms with Crippen LogP contribution < -0.4 is 10.2 Å². The van der Waals surface area contributed by atoms with Gasteiger partial charge in [-0.25, -0.2) is 0 Å². The monoisotopic (exact) mass is 432 g/mol. The maximum absolute atomic E-state index is 13.4. The number of unbranched alkanes of at least 4 members (excludes halogenated alkanes) is 6. The molecule has 6 nitrogen and oxygen atoms in total. The highest BCUT2D eigenvalue weighted by atomic mass is 16.4. The summed E-state index contributed by atoms with van der Waals surface area (Å²) in [5, 5.41) is 11.6. The van der Waals surface area contributed by atoms with Gasteiger partial charge in [0.1, 0.15) is 0 Å². The largest absolute Gasteiger partial charge is 0.481 e. The summed E-state index contributed by atoms with van der Waals surface area (Å²) in [6.45, 7) is 0.620. The molecule has 32 heavy (non-hydrogen) atoms. The van der Waals surface area contributed by atoms with Crippen molar-refractivity contribution < 1.29 is 19.5 Å². The number of nitrogens with zero attached hydrogens (tertiary/aromatic N) is 1. The highest BCUT2D eigenvalue weighted by molar-refractivity contribution is 6.49. The topological polar surface area (TPSA) is 86.7 Å². The average molecular weight is 433 g/mol. The molecule has 0 unspecified atom stereocenters. The summed E-state index contributed by atoms with van der Waals surface area (Å²) in [7, 11) is 0. The van der Waals surface area contributed by atoms with Crippen molar-refractivity contribution in [3.05, 3.63) is 59.7 Å². The molecule has 0 radical (unpaired) electrons. The molecule has 0 aliphatic carbocycles. The van der Waals surface area contributed by atoms with E-state index in [0.29, 0.717) is 17.7 Å². The Morgan fingerprint density at radius 1 is 0.781 bits per heavy atom. The van der Waals surface area contributed by atoms with Crippen molar-refractivity contribution in [2.24, 2.45) is 0 Å². The van der Waals surface area contributed by atoms with Crippen LogP contribution in [0.15, 0.2) is 48.5 Å². The molecule has 2 N–H and O–H groups in total. The Bertz CT molecular complexity index is 1070. The van der Waals surface area contributed by atoms with Gasteiger partial charge in [-0.2, -0.15) is 0 Å². The van der Waals surface area contributed by atoms with Gasteiger partial charge in [-0.05, 0) is 25.0 Å². The molecule has 0 fully saturated rings. The quantitative estimate of drug-likeness (QED) is 0.404. The van der Waals surface area contributed by atoms with Gasteiger partial charge in [0.25, 0.3) is 11.8 Å². The number of hydrogen-bond donors (Lipinski definition) is 2. The predicted molar refractivity (Wildman–Crippen MR) is 125 cm³/mol. The van der Waals surface area contributed by atoms with Crippen molar-refractivity contribution in [3.63, 3.8) is 0 Å². The minimum atomic E-state index is -0.728. The van der Waals surface area contributed by atoms with Crippen LogP contribution in [-0.4, -0.2) is 29.4 Å². The van der Waals surface area contributed by atoms with Gasteiger partial charge in [0.15, 0.2) is 0 Å². The molecule has 2 aliphatic rings. The molecular weight excluding hydrogens is 404 g/mol. The maximum atomic E-state index is 13.4. The van der Waals surface area contributed by atoms with E-state index in [0.717, 1.165) is 67.4 Å². The number of nitrogens with one attached hydrogen (secondary N) is 1. The lowest BCUT2D eigenvalue weighted by molar-refractivity contribution is -0.137. The van der Waals surface area contributed by atoms with Gasteiger partial charge in [0.05, 0.1) is 16.8 Å². The lowest BCUT2D eigenvalue weighted by Crippen LogP contribution is -2.28. The first-order valence-electron chi connectivity index (χ1n) is 11.4. The van der Waals surface area contributed by atoms with Crippen LogP contribution in [0.1, 0.15) is 62.5 Å². The number of fused-ring (bicyclic) bond motifs is 2. The van der Waals surface area contributed by atoms with E-state index in [4.69, 9.17) is 5.11 Å². The van der Waals surface area contributed by atoms with Gasteiger partial charge in [0, 0.05) is 29.8 Å². The number of carboxylic acid groups (broad SMARTS) is 1.